The SMILES string of the molecule is COc1ccc(C)cc1C(C)NC(=O)N(C)CCC(=O)O. The molecule has 0 aliphatic carbocycles. The molecule has 0 bridgehead atoms. The monoisotopic (exact) mass is 294 g/mol. The number of benzene rings is 1. The Morgan fingerprint density at radius 1 is 1.43 bits per heavy atom. The van der Waals surface area contributed by atoms with Crippen molar-refractivity contribution in [2.24, 2.45) is 0 Å². The van der Waals surface area contributed by atoms with E-state index >= 15 is 0 Å². The van der Waals surface area contributed by atoms with E-state index in [1.807, 2.05) is 32.0 Å². The molecule has 116 valence electrons. The number of aryl methyl sites for hydroxylation is 1. The second-order valence-corrected chi connectivity index (χ2v) is 4.98. The Kier molecular flexibility index (Phi) is 6.02. The molecule has 0 saturated heterocycles. The quantitative estimate of drug-likeness (QED) is 0.843. The highest BCUT2D eigenvalue weighted by molar-refractivity contribution is 5.75. The van der Waals surface area contributed by atoms with E-state index < -0.39 is 5.97 Å². The van der Waals surface area contributed by atoms with Crippen molar-refractivity contribution in [3.8, 4) is 5.75 Å². The maximum absolute atomic E-state index is 12.0. The third kappa shape index (κ3) is 4.98. The van der Waals surface area contributed by atoms with Crippen LogP contribution in [0.5, 0.6) is 5.75 Å². The lowest BCUT2D eigenvalue weighted by atomic mass is 10.0. The van der Waals surface area contributed by atoms with E-state index in [4.69, 9.17) is 9.84 Å². The fourth-order valence-electron chi connectivity index (χ4n) is 1.93. The molecule has 0 fully saturated rings. The molecule has 0 heterocycles. The van der Waals surface area contributed by atoms with Crippen molar-refractivity contribution >= 4 is 12.0 Å². The lowest BCUT2D eigenvalue weighted by molar-refractivity contribution is -0.137. The summed E-state index contributed by atoms with van der Waals surface area (Å²) < 4.78 is 5.30. The van der Waals surface area contributed by atoms with Gasteiger partial charge in [0, 0.05) is 19.2 Å². The Balaban J connectivity index is 2.72. The first kappa shape index (κ1) is 16.8. The number of nitrogens with one attached hydrogen (secondary N) is 1. The molecule has 0 saturated carbocycles. The lowest BCUT2D eigenvalue weighted by Crippen LogP contribution is -2.39. The van der Waals surface area contributed by atoms with Gasteiger partial charge in [-0.1, -0.05) is 17.7 Å². The van der Waals surface area contributed by atoms with E-state index in [1.165, 1.54) is 4.90 Å². The zero-order chi connectivity index (χ0) is 16.0. The van der Waals surface area contributed by atoms with Gasteiger partial charge in [0.2, 0.25) is 0 Å². The van der Waals surface area contributed by atoms with Gasteiger partial charge in [-0.05, 0) is 19.9 Å². The molecule has 0 spiro atoms. The van der Waals surface area contributed by atoms with Crippen molar-refractivity contribution in [3.05, 3.63) is 29.3 Å². The van der Waals surface area contributed by atoms with Crippen molar-refractivity contribution < 1.29 is 19.4 Å². The van der Waals surface area contributed by atoms with E-state index in [9.17, 15) is 9.59 Å². The molecular weight excluding hydrogens is 272 g/mol. The number of carboxylic acid groups (broad SMARTS) is 1. The second kappa shape index (κ2) is 7.52. The van der Waals surface area contributed by atoms with Crippen LogP contribution in [0.1, 0.15) is 30.5 Å². The third-order valence-corrected chi connectivity index (χ3v) is 3.20. The van der Waals surface area contributed by atoms with Crippen LogP contribution in [0, 0.1) is 6.92 Å². The van der Waals surface area contributed by atoms with E-state index in [-0.39, 0.29) is 25.0 Å². The minimum atomic E-state index is -0.928. The van der Waals surface area contributed by atoms with Crippen LogP contribution in [0.2, 0.25) is 0 Å². The first-order chi connectivity index (χ1) is 9.85. The summed E-state index contributed by atoms with van der Waals surface area (Å²) >= 11 is 0. The van der Waals surface area contributed by atoms with Gasteiger partial charge in [0.15, 0.2) is 0 Å². The molecule has 1 rings (SSSR count). The zero-order valence-electron chi connectivity index (χ0n) is 12.8. The predicted molar refractivity (Wildman–Crippen MR) is 79.6 cm³/mol. The molecule has 0 aromatic heterocycles. The fraction of sp³-hybridized carbons (Fsp3) is 0.467. The number of hydrogen-bond donors (Lipinski definition) is 2. The molecule has 0 radical (unpaired) electrons. The number of rotatable bonds is 6. The Labute approximate surface area is 124 Å². The van der Waals surface area contributed by atoms with Crippen LogP contribution in [-0.2, 0) is 4.79 Å². The second-order valence-electron chi connectivity index (χ2n) is 4.98. The Hall–Kier alpha value is -2.24. The maximum atomic E-state index is 12.0. The number of aliphatic carboxylic acids is 1. The standard InChI is InChI=1S/C15H22N2O4/c1-10-5-6-13(21-4)12(9-10)11(2)16-15(20)17(3)8-7-14(18)19/h5-6,9,11H,7-8H2,1-4H3,(H,16,20)(H,18,19). The summed E-state index contributed by atoms with van der Waals surface area (Å²) in [5, 5.41) is 11.5. The van der Waals surface area contributed by atoms with Crippen molar-refractivity contribution in [2.45, 2.75) is 26.3 Å². The zero-order valence-corrected chi connectivity index (χ0v) is 12.8. The molecule has 6 heteroatoms. The largest absolute Gasteiger partial charge is 0.496 e. The van der Waals surface area contributed by atoms with Gasteiger partial charge in [-0.3, -0.25) is 4.79 Å². The van der Waals surface area contributed by atoms with Crippen LogP contribution in [-0.4, -0.2) is 42.7 Å². The van der Waals surface area contributed by atoms with E-state index in [0.29, 0.717) is 5.75 Å². The molecule has 21 heavy (non-hydrogen) atoms. The maximum Gasteiger partial charge on any atom is 0.317 e. The highest BCUT2D eigenvalue weighted by atomic mass is 16.5. The van der Waals surface area contributed by atoms with Gasteiger partial charge >= 0.3 is 12.0 Å². The van der Waals surface area contributed by atoms with Crippen LogP contribution in [0.15, 0.2) is 18.2 Å². The van der Waals surface area contributed by atoms with Crippen LogP contribution in [0.4, 0.5) is 4.79 Å². The number of nitrogens with zero attached hydrogens (tertiary/aromatic N) is 1. The normalized spacial score (nSPS) is 11.6. The molecule has 6 nitrogen and oxygen atoms in total. The molecule has 2 amide bonds. The number of urea groups is 1. The number of hydrogen-bond acceptors (Lipinski definition) is 3. The number of ether oxygens (including phenoxy) is 1. The van der Waals surface area contributed by atoms with Gasteiger partial charge in [-0.15, -0.1) is 0 Å². The van der Waals surface area contributed by atoms with Crippen LogP contribution in [0.25, 0.3) is 0 Å². The highest BCUT2D eigenvalue weighted by Gasteiger charge is 2.17. The number of carbonyl (C=O) groups excluding carboxylic acids is 1. The Bertz CT molecular complexity index is 516. The highest BCUT2D eigenvalue weighted by Crippen LogP contribution is 2.26. The van der Waals surface area contributed by atoms with Crippen molar-refractivity contribution in [1.29, 1.82) is 0 Å². The molecule has 0 aliphatic rings. The van der Waals surface area contributed by atoms with Gasteiger partial charge in [0.25, 0.3) is 0 Å². The summed E-state index contributed by atoms with van der Waals surface area (Å²) in [6, 6.07) is 5.21. The molecular formula is C15H22N2O4. The topological polar surface area (TPSA) is 78.9 Å². The van der Waals surface area contributed by atoms with Crippen molar-refractivity contribution in [2.75, 3.05) is 20.7 Å². The minimum Gasteiger partial charge on any atom is -0.496 e. The van der Waals surface area contributed by atoms with Gasteiger partial charge in [-0.2, -0.15) is 0 Å². The minimum absolute atomic E-state index is 0.0773. The molecule has 1 aromatic rings. The fourth-order valence-corrected chi connectivity index (χ4v) is 1.93. The summed E-state index contributed by atoms with van der Waals surface area (Å²) in [5.74, 6) is -0.218. The van der Waals surface area contributed by atoms with Crippen molar-refractivity contribution in [1.82, 2.24) is 10.2 Å². The predicted octanol–water partition coefficient (Wildman–Crippen LogP) is 2.18. The average Bonchev–Trinajstić information content (AvgIpc) is 2.44. The first-order valence-corrected chi connectivity index (χ1v) is 6.73. The van der Waals surface area contributed by atoms with E-state index in [0.717, 1.165) is 11.1 Å². The Morgan fingerprint density at radius 3 is 2.67 bits per heavy atom. The Morgan fingerprint density at radius 2 is 2.10 bits per heavy atom. The van der Waals surface area contributed by atoms with Crippen LogP contribution in [0.3, 0.4) is 0 Å². The van der Waals surface area contributed by atoms with E-state index in [1.54, 1.807) is 14.2 Å². The average molecular weight is 294 g/mol. The third-order valence-electron chi connectivity index (χ3n) is 3.20. The summed E-state index contributed by atoms with van der Waals surface area (Å²) in [5.41, 5.74) is 1.96. The summed E-state index contributed by atoms with van der Waals surface area (Å²) in [6.45, 7) is 4.00. The number of amides is 2. The summed E-state index contributed by atoms with van der Waals surface area (Å²) in [4.78, 5) is 23.9. The summed E-state index contributed by atoms with van der Waals surface area (Å²) in [6.07, 6.45) is -0.0773. The van der Waals surface area contributed by atoms with Gasteiger partial charge in [0.05, 0.1) is 19.6 Å². The number of carboxylic acids is 1. The molecule has 1 atom stereocenters. The smallest absolute Gasteiger partial charge is 0.317 e. The molecule has 2 N–H and O–H groups in total. The lowest BCUT2D eigenvalue weighted by Gasteiger charge is -2.22. The molecule has 0 aliphatic heterocycles. The van der Waals surface area contributed by atoms with Gasteiger partial charge in [-0.25, -0.2) is 4.79 Å². The summed E-state index contributed by atoms with van der Waals surface area (Å²) in [7, 11) is 3.15. The molecule has 1 aromatic carbocycles. The van der Waals surface area contributed by atoms with Crippen molar-refractivity contribution in [3.63, 3.8) is 0 Å². The van der Waals surface area contributed by atoms with Gasteiger partial charge < -0.3 is 20.1 Å². The number of carbonyl (C=O) groups is 2. The van der Waals surface area contributed by atoms with Gasteiger partial charge in [0.1, 0.15) is 5.75 Å². The van der Waals surface area contributed by atoms with E-state index in [2.05, 4.69) is 5.32 Å². The first-order valence-electron chi connectivity index (χ1n) is 6.73. The van der Waals surface area contributed by atoms with Crippen LogP contribution < -0.4 is 10.1 Å². The molecule has 1 unspecified atom stereocenters. The number of methoxy groups -OCH3 is 1. The van der Waals surface area contributed by atoms with Crippen LogP contribution >= 0.6 is 0 Å².